The number of carbonyl (C=O) groups excluding carboxylic acids is 2. The van der Waals surface area contributed by atoms with Gasteiger partial charge in [0.05, 0.1) is 28.6 Å². The van der Waals surface area contributed by atoms with Crippen LogP contribution in [0.5, 0.6) is 11.5 Å². The highest BCUT2D eigenvalue weighted by atomic mass is 35.5. The van der Waals surface area contributed by atoms with Gasteiger partial charge < -0.3 is 9.47 Å². The Morgan fingerprint density at radius 1 is 0.886 bits per heavy atom. The van der Waals surface area contributed by atoms with Crippen molar-refractivity contribution in [2.75, 3.05) is 7.11 Å². The van der Waals surface area contributed by atoms with Crippen LogP contribution < -0.4 is 9.47 Å². The molecule has 1 aliphatic rings. The number of hydrogen-bond acceptors (Lipinski definition) is 5. The van der Waals surface area contributed by atoms with Crippen LogP contribution in [-0.4, -0.2) is 23.2 Å². The predicted octanol–water partition coefficient (Wildman–Crippen LogP) is 8.12. The first-order valence-corrected chi connectivity index (χ1v) is 12.5. The lowest BCUT2D eigenvalue weighted by Gasteiger charge is -2.13. The Morgan fingerprint density at radius 3 is 2.40 bits per heavy atom. The number of ether oxygens (including phenoxy) is 2. The second-order valence-electron chi connectivity index (χ2n) is 7.45. The Hall–Kier alpha value is -2.35. The minimum absolute atomic E-state index is 0.0950. The normalized spacial score (nSPS) is 14.7. The van der Waals surface area contributed by atoms with E-state index in [0.29, 0.717) is 47.6 Å². The number of carbonyl (C=O) groups is 2. The standard InChI is InChI=1S/C25H17Cl4NO4S/c1-33-21-7-3-14(9-22(21)34-13-16-4-5-17(26)11-19(16)28)10-23-24(31)30(25(32)35-23)12-15-2-6-18(27)20(29)8-15/h2-11H,12-13H2,1H3/b23-10-. The van der Waals surface area contributed by atoms with Gasteiger partial charge in [-0.2, -0.15) is 0 Å². The van der Waals surface area contributed by atoms with Crippen molar-refractivity contribution in [2.45, 2.75) is 13.2 Å². The van der Waals surface area contributed by atoms with Gasteiger partial charge in [-0.15, -0.1) is 0 Å². The molecule has 0 saturated carbocycles. The summed E-state index contributed by atoms with van der Waals surface area (Å²) in [4.78, 5) is 26.9. The second kappa shape index (κ2) is 11.1. The summed E-state index contributed by atoms with van der Waals surface area (Å²) in [6.45, 7) is 0.285. The van der Waals surface area contributed by atoms with E-state index in [-0.39, 0.29) is 18.4 Å². The van der Waals surface area contributed by atoms with Gasteiger partial charge in [0.15, 0.2) is 11.5 Å². The van der Waals surface area contributed by atoms with Gasteiger partial charge in [0, 0.05) is 15.6 Å². The van der Waals surface area contributed by atoms with Gasteiger partial charge in [-0.1, -0.05) is 64.6 Å². The van der Waals surface area contributed by atoms with Crippen LogP contribution in [-0.2, 0) is 17.9 Å². The third-order valence-electron chi connectivity index (χ3n) is 5.08. The molecule has 0 atom stereocenters. The zero-order chi connectivity index (χ0) is 25.1. The number of nitrogens with zero attached hydrogens (tertiary/aromatic N) is 1. The quantitative estimate of drug-likeness (QED) is 0.269. The summed E-state index contributed by atoms with van der Waals surface area (Å²) in [6.07, 6.45) is 1.64. The van der Waals surface area contributed by atoms with E-state index in [2.05, 4.69) is 0 Å². The van der Waals surface area contributed by atoms with Crippen molar-refractivity contribution in [1.82, 2.24) is 4.90 Å². The molecule has 2 amide bonds. The van der Waals surface area contributed by atoms with Crippen LogP contribution in [0.3, 0.4) is 0 Å². The minimum Gasteiger partial charge on any atom is -0.493 e. The average Bonchev–Trinajstić information content (AvgIpc) is 3.08. The Bertz CT molecular complexity index is 1350. The molecule has 3 aromatic carbocycles. The van der Waals surface area contributed by atoms with E-state index in [9.17, 15) is 9.59 Å². The van der Waals surface area contributed by atoms with Crippen molar-refractivity contribution < 1.29 is 19.1 Å². The van der Waals surface area contributed by atoms with Gasteiger partial charge in [-0.25, -0.2) is 0 Å². The van der Waals surface area contributed by atoms with Crippen LogP contribution in [0.1, 0.15) is 16.7 Å². The number of thioether (sulfide) groups is 1. The van der Waals surface area contributed by atoms with Gasteiger partial charge in [0.1, 0.15) is 6.61 Å². The van der Waals surface area contributed by atoms with E-state index in [1.165, 1.54) is 12.0 Å². The smallest absolute Gasteiger partial charge is 0.293 e. The van der Waals surface area contributed by atoms with Crippen LogP contribution in [0.2, 0.25) is 20.1 Å². The summed E-state index contributed by atoms with van der Waals surface area (Å²) in [6, 6.07) is 15.4. The molecule has 0 bridgehead atoms. The van der Waals surface area contributed by atoms with Crippen molar-refractivity contribution in [3.63, 3.8) is 0 Å². The number of benzene rings is 3. The molecule has 0 aromatic heterocycles. The molecule has 3 aromatic rings. The zero-order valence-electron chi connectivity index (χ0n) is 18.2. The van der Waals surface area contributed by atoms with Crippen LogP contribution in [0.25, 0.3) is 6.08 Å². The third kappa shape index (κ3) is 6.08. The first-order valence-electron chi connectivity index (χ1n) is 10.2. The molecule has 1 aliphatic heterocycles. The van der Waals surface area contributed by atoms with Crippen LogP contribution in [0.15, 0.2) is 59.5 Å². The summed E-state index contributed by atoms with van der Waals surface area (Å²) < 4.78 is 11.3. The highest BCUT2D eigenvalue weighted by molar-refractivity contribution is 8.18. The molecular weight excluding hydrogens is 552 g/mol. The Kier molecular flexibility index (Phi) is 8.19. The second-order valence-corrected chi connectivity index (χ2v) is 10.1. The number of rotatable bonds is 7. The molecule has 0 radical (unpaired) electrons. The highest BCUT2D eigenvalue weighted by Gasteiger charge is 2.35. The molecule has 0 unspecified atom stereocenters. The van der Waals surface area contributed by atoms with Gasteiger partial charge in [0.2, 0.25) is 0 Å². The molecule has 1 fully saturated rings. The van der Waals surface area contributed by atoms with Crippen molar-refractivity contribution in [2.24, 2.45) is 0 Å². The Balaban J connectivity index is 1.52. The first kappa shape index (κ1) is 25.7. The molecule has 1 saturated heterocycles. The molecule has 5 nitrogen and oxygen atoms in total. The lowest BCUT2D eigenvalue weighted by atomic mass is 10.1. The van der Waals surface area contributed by atoms with Crippen molar-refractivity contribution in [3.05, 3.63) is 96.3 Å². The van der Waals surface area contributed by atoms with Gasteiger partial charge in [-0.3, -0.25) is 14.5 Å². The lowest BCUT2D eigenvalue weighted by Crippen LogP contribution is -2.27. The molecule has 180 valence electrons. The van der Waals surface area contributed by atoms with Gasteiger partial charge >= 0.3 is 0 Å². The molecule has 0 spiro atoms. The van der Waals surface area contributed by atoms with Crippen molar-refractivity contribution >= 4 is 75.4 Å². The summed E-state index contributed by atoms with van der Waals surface area (Å²) in [5, 5.41) is 1.42. The number of hydrogen-bond donors (Lipinski definition) is 0. The summed E-state index contributed by atoms with van der Waals surface area (Å²) in [7, 11) is 1.53. The van der Waals surface area contributed by atoms with Crippen LogP contribution in [0, 0.1) is 0 Å². The van der Waals surface area contributed by atoms with E-state index < -0.39 is 5.91 Å². The number of imide groups is 1. The SMILES string of the molecule is COc1ccc(/C=C2\SC(=O)N(Cc3ccc(Cl)c(Cl)c3)C2=O)cc1OCc1ccc(Cl)cc1Cl. The van der Waals surface area contributed by atoms with E-state index in [0.717, 1.165) is 17.3 Å². The van der Waals surface area contributed by atoms with E-state index in [4.69, 9.17) is 55.9 Å². The van der Waals surface area contributed by atoms with Gasteiger partial charge in [0.25, 0.3) is 11.1 Å². The van der Waals surface area contributed by atoms with E-state index >= 15 is 0 Å². The van der Waals surface area contributed by atoms with Crippen LogP contribution in [0.4, 0.5) is 4.79 Å². The summed E-state index contributed by atoms with van der Waals surface area (Å²) in [5.41, 5.74) is 2.12. The fraction of sp³-hybridized carbons (Fsp3) is 0.120. The lowest BCUT2D eigenvalue weighted by molar-refractivity contribution is -0.123. The first-order chi connectivity index (χ1) is 16.7. The van der Waals surface area contributed by atoms with E-state index in [1.54, 1.807) is 60.7 Å². The number of methoxy groups -OCH3 is 1. The summed E-state index contributed by atoms with van der Waals surface area (Å²) >= 11 is 25.1. The third-order valence-corrected chi connectivity index (χ3v) is 7.32. The predicted molar refractivity (Wildman–Crippen MR) is 142 cm³/mol. The number of amides is 2. The maximum absolute atomic E-state index is 12.9. The fourth-order valence-electron chi connectivity index (χ4n) is 3.30. The molecule has 4 rings (SSSR count). The largest absolute Gasteiger partial charge is 0.493 e. The maximum atomic E-state index is 12.9. The fourth-order valence-corrected chi connectivity index (χ4v) is 4.92. The molecule has 0 aliphatic carbocycles. The molecular formula is C25H17Cl4NO4S. The molecule has 35 heavy (non-hydrogen) atoms. The monoisotopic (exact) mass is 567 g/mol. The van der Waals surface area contributed by atoms with E-state index in [1.807, 2.05) is 0 Å². The van der Waals surface area contributed by atoms with Crippen molar-refractivity contribution in [3.8, 4) is 11.5 Å². The highest BCUT2D eigenvalue weighted by Crippen LogP contribution is 2.36. The molecule has 1 heterocycles. The number of halogens is 4. The van der Waals surface area contributed by atoms with Crippen LogP contribution >= 0.6 is 58.2 Å². The minimum atomic E-state index is -0.391. The Morgan fingerprint density at radius 2 is 1.69 bits per heavy atom. The zero-order valence-corrected chi connectivity index (χ0v) is 22.0. The van der Waals surface area contributed by atoms with Crippen molar-refractivity contribution in [1.29, 1.82) is 0 Å². The maximum Gasteiger partial charge on any atom is 0.293 e. The Labute approximate surface area is 226 Å². The average molecular weight is 569 g/mol. The molecule has 0 N–H and O–H groups in total. The topological polar surface area (TPSA) is 55.8 Å². The van der Waals surface area contributed by atoms with Gasteiger partial charge in [-0.05, 0) is 65.4 Å². The molecule has 10 heteroatoms. The summed E-state index contributed by atoms with van der Waals surface area (Å²) in [5.74, 6) is 0.583.